The number of carbonyl (C=O) groups excluding carboxylic acids is 1. The molecule has 0 saturated carbocycles. The van der Waals surface area contributed by atoms with Crippen molar-refractivity contribution in [3.63, 3.8) is 0 Å². The molecule has 0 aliphatic carbocycles. The van der Waals surface area contributed by atoms with Crippen molar-refractivity contribution in [1.82, 2.24) is 20.7 Å². The zero-order valence-electron chi connectivity index (χ0n) is 8.84. The Morgan fingerprint density at radius 2 is 2.18 bits per heavy atom. The summed E-state index contributed by atoms with van der Waals surface area (Å²) in [7, 11) is 0. The lowest BCUT2D eigenvalue weighted by atomic mass is 10.1. The summed E-state index contributed by atoms with van der Waals surface area (Å²) in [6, 6.07) is 9.03. The summed E-state index contributed by atoms with van der Waals surface area (Å²) >= 11 is 0. The second-order valence-corrected chi connectivity index (χ2v) is 3.35. The molecule has 1 aromatic heterocycles. The minimum atomic E-state index is -0.289. The molecule has 17 heavy (non-hydrogen) atoms. The third kappa shape index (κ3) is 2.66. The molecule has 0 bridgehead atoms. The molecule has 1 amide bonds. The molecule has 0 spiro atoms. The van der Waals surface area contributed by atoms with Gasteiger partial charge in [-0.3, -0.25) is 4.79 Å². The predicted octanol–water partition coefficient (Wildman–Crippen LogP) is 0.606. The van der Waals surface area contributed by atoms with E-state index in [1.54, 1.807) is 24.3 Å². The van der Waals surface area contributed by atoms with Gasteiger partial charge >= 0.3 is 0 Å². The normalized spacial score (nSPS) is 9.59. The number of H-pyrrole nitrogens is 1. The number of hydrogen-bond donors (Lipinski definition) is 2. The van der Waals surface area contributed by atoms with Crippen molar-refractivity contribution in [1.29, 1.82) is 5.26 Å². The fourth-order valence-electron chi connectivity index (χ4n) is 1.28. The van der Waals surface area contributed by atoms with E-state index in [-0.39, 0.29) is 11.6 Å². The van der Waals surface area contributed by atoms with Crippen molar-refractivity contribution in [2.24, 2.45) is 0 Å². The molecule has 0 saturated heterocycles. The molecule has 6 nitrogen and oxygen atoms in total. The highest BCUT2D eigenvalue weighted by Crippen LogP contribution is 2.03. The Balaban J connectivity index is 1.94. The van der Waals surface area contributed by atoms with Crippen molar-refractivity contribution in [2.45, 2.75) is 6.54 Å². The minimum absolute atomic E-state index is 0.249. The van der Waals surface area contributed by atoms with E-state index in [1.807, 2.05) is 6.07 Å². The summed E-state index contributed by atoms with van der Waals surface area (Å²) in [5.74, 6) is -0.289. The number of aromatic amines is 1. The predicted molar refractivity (Wildman–Crippen MR) is 58.7 cm³/mol. The van der Waals surface area contributed by atoms with Gasteiger partial charge in [-0.05, 0) is 17.7 Å². The maximum atomic E-state index is 11.5. The van der Waals surface area contributed by atoms with Crippen LogP contribution in [0.1, 0.15) is 21.6 Å². The number of aromatic nitrogens is 3. The summed E-state index contributed by atoms with van der Waals surface area (Å²) in [5.41, 5.74) is 1.76. The Kier molecular flexibility index (Phi) is 3.12. The summed E-state index contributed by atoms with van der Waals surface area (Å²) in [6.45, 7) is 0.386. The zero-order chi connectivity index (χ0) is 12.1. The van der Waals surface area contributed by atoms with Crippen LogP contribution in [0.4, 0.5) is 0 Å². The Morgan fingerprint density at radius 3 is 2.76 bits per heavy atom. The van der Waals surface area contributed by atoms with Gasteiger partial charge in [-0.1, -0.05) is 12.1 Å². The quantitative estimate of drug-likeness (QED) is 0.803. The van der Waals surface area contributed by atoms with Gasteiger partial charge in [-0.25, -0.2) is 0 Å². The molecule has 0 unspecified atom stereocenters. The highest BCUT2D eigenvalue weighted by Gasteiger charge is 2.07. The molecule has 6 heteroatoms. The second-order valence-electron chi connectivity index (χ2n) is 3.35. The maximum absolute atomic E-state index is 11.5. The highest BCUT2D eigenvalue weighted by molar-refractivity contribution is 5.91. The van der Waals surface area contributed by atoms with E-state index in [9.17, 15) is 4.79 Å². The average Bonchev–Trinajstić information content (AvgIpc) is 2.90. The lowest BCUT2D eigenvalue weighted by Gasteiger charge is -2.02. The van der Waals surface area contributed by atoms with Crippen LogP contribution in [0.15, 0.2) is 30.5 Å². The molecule has 0 radical (unpaired) electrons. The third-order valence-electron chi connectivity index (χ3n) is 2.18. The van der Waals surface area contributed by atoms with Crippen molar-refractivity contribution < 1.29 is 4.79 Å². The van der Waals surface area contributed by atoms with Gasteiger partial charge in [0.2, 0.25) is 0 Å². The van der Waals surface area contributed by atoms with Crippen molar-refractivity contribution in [3.05, 3.63) is 47.3 Å². The van der Waals surface area contributed by atoms with Crippen LogP contribution >= 0.6 is 0 Å². The number of hydrogen-bond acceptors (Lipinski definition) is 4. The van der Waals surface area contributed by atoms with Gasteiger partial charge in [0.15, 0.2) is 5.69 Å². The smallest absolute Gasteiger partial charge is 0.273 e. The molecule has 0 aliphatic heterocycles. The zero-order valence-corrected chi connectivity index (χ0v) is 8.84. The largest absolute Gasteiger partial charge is 0.347 e. The molecule has 0 atom stereocenters. The molecule has 0 aliphatic rings. The Hall–Kier alpha value is -2.68. The molecular formula is C11H9N5O. The van der Waals surface area contributed by atoms with Crippen LogP contribution in [0.5, 0.6) is 0 Å². The molecule has 2 rings (SSSR count). The number of carbonyl (C=O) groups is 1. The van der Waals surface area contributed by atoms with Gasteiger partial charge < -0.3 is 5.32 Å². The van der Waals surface area contributed by atoms with Gasteiger partial charge in [0.25, 0.3) is 5.91 Å². The first-order valence-electron chi connectivity index (χ1n) is 4.92. The van der Waals surface area contributed by atoms with E-state index in [0.717, 1.165) is 5.56 Å². The van der Waals surface area contributed by atoms with Crippen LogP contribution in [-0.2, 0) is 6.54 Å². The van der Waals surface area contributed by atoms with Crippen LogP contribution in [0.2, 0.25) is 0 Å². The number of nitrogens with one attached hydrogen (secondary N) is 2. The lowest BCUT2D eigenvalue weighted by molar-refractivity contribution is 0.0946. The van der Waals surface area contributed by atoms with Gasteiger partial charge in [0, 0.05) is 6.54 Å². The Labute approximate surface area is 97.3 Å². The van der Waals surface area contributed by atoms with Crippen molar-refractivity contribution in [3.8, 4) is 6.07 Å². The Bertz CT molecular complexity index is 538. The average molecular weight is 227 g/mol. The molecule has 2 N–H and O–H groups in total. The number of nitriles is 1. The van der Waals surface area contributed by atoms with Crippen LogP contribution in [0.3, 0.4) is 0 Å². The van der Waals surface area contributed by atoms with Crippen molar-refractivity contribution in [2.75, 3.05) is 0 Å². The van der Waals surface area contributed by atoms with Crippen LogP contribution in [-0.4, -0.2) is 21.3 Å². The van der Waals surface area contributed by atoms with Gasteiger partial charge in [0.05, 0.1) is 17.8 Å². The van der Waals surface area contributed by atoms with Crippen LogP contribution < -0.4 is 5.32 Å². The van der Waals surface area contributed by atoms with E-state index in [0.29, 0.717) is 12.1 Å². The standard InChI is InChI=1S/C11H9N5O/c12-5-8-1-3-9(4-2-8)6-13-11(17)10-7-14-16-15-10/h1-4,7H,6H2,(H,13,17)(H,14,15,16). The first kappa shape index (κ1) is 10.8. The molecule has 84 valence electrons. The second kappa shape index (κ2) is 4.90. The van der Waals surface area contributed by atoms with E-state index in [2.05, 4.69) is 20.7 Å². The monoisotopic (exact) mass is 227 g/mol. The van der Waals surface area contributed by atoms with Gasteiger partial charge in [-0.15, -0.1) is 0 Å². The summed E-state index contributed by atoms with van der Waals surface area (Å²) in [4.78, 5) is 11.5. The van der Waals surface area contributed by atoms with E-state index >= 15 is 0 Å². The molecule has 0 fully saturated rings. The first-order valence-corrected chi connectivity index (χ1v) is 4.92. The highest BCUT2D eigenvalue weighted by atomic mass is 16.1. The number of amides is 1. The number of rotatable bonds is 3. The first-order chi connectivity index (χ1) is 8.29. The molecular weight excluding hydrogens is 218 g/mol. The minimum Gasteiger partial charge on any atom is -0.347 e. The fraction of sp³-hybridized carbons (Fsp3) is 0.0909. The Morgan fingerprint density at radius 1 is 1.41 bits per heavy atom. The SMILES string of the molecule is N#Cc1ccc(CNC(=O)c2cn[nH]n2)cc1. The summed E-state index contributed by atoms with van der Waals surface area (Å²) in [6.07, 6.45) is 1.36. The maximum Gasteiger partial charge on any atom is 0.273 e. The van der Waals surface area contributed by atoms with Gasteiger partial charge in [0.1, 0.15) is 0 Å². The fourth-order valence-corrected chi connectivity index (χ4v) is 1.28. The number of benzene rings is 1. The lowest BCUT2D eigenvalue weighted by Crippen LogP contribution is -2.23. The molecule has 1 aromatic carbocycles. The third-order valence-corrected chi connectivity index (χ3v) is 2.18. The van der Waals surface area contributed by atoms with Crippen LogP contribution in [0.25, 0.3) is 0 Å². The summed E-state index contributed by atoms with van der Waals surface area (Å²) in [5, 5.41) is 20.9. The van der Waals surface area contributed by atoms with Crippen LogP contribution in [0, 0.1) is 11.3 Å². The molecule has 2 aromatic rings. The molecule has 1 heterocycles. The van der Waals surface area contributed by atoms with E-state index in [4.69, 9.17) is 5.26 Å². The van der Waals surface area contributed by atoms with E-state index in [1.165, 1.54) is 6.20 Å². The summed E-state index contributed by atoms with van der Waals surface area (Å²) < 4.78 is 0. The number of nitrogens with zero attached hydrogens (tertiary/aromatic N) is 3. The van der Waals surface area contributed by atoms with Gasteiger partial charge in [-0.2, -0.15) is 20.7 Å². The topological polar surface area (TPSA) is 94.5 Å². The van der Waals surface area contributed by atoms with Crippen molar-refractivity contribution >= 4 is 5.91 Å². The van der Waals surface area contributed by atoms with E-state index < -0.39 is 0 Å².